The summed E-state index contributed by atoms with van der Waals surface area (Å²) in [5, 5.41) is 8.83. The Kier molecular flexibility index (Phi) is 2.02. The molecule has 2 heterocycles. The highest BCUT2D eigenvalue weighted by Gasteiger charge is 2.26. The maximum Gasteiger partial charge on any atom is 0.113 e. The van der Waals surface area contributed by atoms with Crippen LogP contribution in [0.4, 0.5) is 0 Å². The Hall–Kier alpha value is -1.71. The van der Waals surface area contributed by atoms with Crippen LogP contribution < -0.4 is 0 Å². The van der Waals surface area contributed by atoms with E-state index in [2.05, 4.69) is 22.1 Å². The first-order chi connectivity index (χ1) is 7.75. The number of aryl methyl sites for hydroxylation is 1. The van der Waals surface area contributed by atoms with Crippen molar-refractivity contribution >= 4 is 0 Å². The number of nitrogens with zero attached hydrogens (tertiary/aromatic N) is 4. The first-order valence-corrected chi connectivity index (χ1v) is 5.60. The second-order valence-electron chi connectivity index (χ2n) is 4.35. The fraction of sp³-hybridized carbons (Fsp3) is 0.417. The van der Waals surface area contributed by atoms with Gasteiger partial charge in [0, 0.05) is 17.5 Å². The molecular formula is C12H14N4. The largest absolute Gasteiger partial charge is 0.261 e. The van der Waals surface area contributed by atoms with Gasteiger partial charge in [-0.05, 0) is 38.3 Å². The number of hydrogen-bond acceptors (Lipinski definition) is 3. The number of pyridine rings is 1. The van der Waals surface area contributed by atoms with E-state index in [0.29, 0.717) is 6.04 Å². The van der Waals surface area contributed by atoms with Crippen molar-refractivity contribution in [1.29, 1.82) is 0 Å². The van der Waals surface area contributed by atoms with Crippen molar-refractivity contribution in [3.05, 3.63) is 29.7 Å². The second kappa shape index (κ2) is 3.40. The number of rotatable bonds is 2. The van der Waals surface area contributed by atoms with Crippen LogP contribution in [0.25, 0.3) is 11.3 Å². The summed E-state index contributed by atoms with van der Waals surface area (Å²) in [6.07, 6.45) is 6.10. The lowest BCUT2D eigenvalue weighted by Gasteiger charge is -2.03. The topological polar surface area (TPSA) is 43.6 Å². The molecule has 4 nitrogen and oxygen atoms in total. The van der Waals surface area contributed by atoms with Crippen molar-refractivity contribution in [1.82, 2.24) is 20.0 Å². The van der Waals surface area contributed by atoms with Crippen LogP contribution in [-0.2, 0) is 0 Å². The van der Waals surface area contributed by atoms with Gasteiger partial charge in [0.25, 0.3) is 0 Å². The van der Waals surface area contributed by atoms with Crippen molar-refractivity contribution < 1.29 is 0 Å². The lowest BCUT2D eigenvalue weighted by Crippen LogP contribution is -1.98. The molecule has 0 atom stereocenters. The van der Waals surface area contributed by atoms with E-state index in [9.17, 15) is 0 Å². The van der Waals surface area contributed by atoms with Crippen LogP contribution in [-0.4, -0.2) is 20.0 Å². The fourth-order valence-electron chi connectivity index (χ4n) is 1.80. The zero-order valence-electron chi connectivity index (χ0n) is 9.51. The van der Waals surface area contributed by atoms with Crippen molar-refractivity contribution in [3.63, 3.8) is 0 Å². The maximum absolute atomic E-state index is 4.52. The number of aromatic nitrogens is 4. The minimum atomic E-state index is 0.539. The molecule has 0 aliphatic heterocycles. The van der Waals surface area contributed by atoms with Gasteiger partial charge in [-0.1, -0.05) is 0 Å². The molecule has 1 saturated carbocycles. The molecule has 0 unspecified atom stereocenters. The van der Waals surface area contributed by atoms with E-state index >= 15 is 0 Å². The molecule has 0 bridgehead atoms. The summed E-state index contributed by atoms with van der Waals surface area (Å²) in [5.74, 6) is 0. The van der Waals surface area contributed by atoms with Crippen LogP contribution in [0, 0.1) is 13.8 Å². The first kappa shape index (κ1) is 9.51. The van der Waals surface area contributed by atoms with Gasteiger partial charge in [-0.2, -0.15) is 15.0 Å². The molecule has 0 spiro atoms. The van der Waals surface area contributed by atoms with Crippen molar-refractivity contribution in [3.8, 4) is 11.3 Å². The van der Waals surface area contributed by atoms with Crippen LogP contribution in [0.5, 0.6) is 0 Å². The summed E-state index contributed by atoms with van der Waals surface area (Å²) >= 11 is 0. The summed E-state index contributed by atoms with van der Waals surface area (Å²) in [6.45, 7) is 4.10. The van der Waals surface area contributed by atoms with E-state index in [4.69, 9.17) is 0 Å². The molecule has 0 aromatic carbocycles. The standard InChI is InChI=1S/C12H14N4/c1-8-9(2)13-6-5-11(8)12-7-14-16(15-12)10-3-4-10/h5-7,10H,3-4H2,1-2H3. The van der Waals surface area contributed by atoms with Crippen molar-refractivity contribution in [2.75, 3.05) is 0 Å². The van der Waals surface area contributed by atoms with Gasteiger partial charge in [-0.3, -0.25) is 4.98 Å². The van der Waals surface area contributed by atoms with Gasteiger partial charge in [-0.15, -0.1) is 0 Å². The zero-order chi connectivity index (χ0) is 11.1. The van der Waals surface area contributed by atoms with E-state index in [-0.39, 0.29) is 0 Å². The van der Waals surface area contributed by atoms with Gasteiger partial charge in [0.15, 0.2) is 0 Å². The van der Waals surface area contributed by atoms with Gasteiger partial charge < -0.3 is 0 Å². The third kappa shape index (κ3) is 1.50. The van der Waals surface area contributed by atoms with Crippen LogP contribution in [0.2, 0.25) is 0 Å². The highest BCUT2D eigenvalue weighted by atomic mass is 15.5. The molecule has 1 aliphatic carbocycles. The molecule has 3 rings (SSSR count). The molecule has 2 aromatic heterocycles. The molecule has 0 N–H and O–H groups in total. The van der Waals surface area contributed by atoms with Crippen LogP contribution >= 0.6 is 0 Å². The Morgan fingerprint density at radius 2 is 2.12 bits per heavy atom. The highest BCUT2D eigenvalue weighted by Crippen LogP contribution is 2.34. The van der Waals surface area contributed by atoms with E-state index in [1.54, 1.807) is 0 Å². The molecule has 2 aromatic rings. The quantitative estimate of drug-likeness (QED) is 0.770. The average molecular weight is 214 g/mol. The average Bonchev–Trinajstić information content (AvgIpc) is 3.02. The SMILES string of the molecule is Cc1nccc(-c2cnn(C3CC3)n2)c1C. The monoisotopic (exact) mass is 214 g/mol. The molecule has 16 heavy (non-hydrogen) atoms. The van der Waals surface area contributed by atoms with Gasteiger partial charge in [0.2, 0.25) is 0 Å². The lowest BCUT2D eigenvalue weighted by molar-refractivity contribution is 0.554. The molecule has 1 fully saturated rings. The predicted molar refractivity (Wildman–Crippen MR) is 61.0 cm³/mol. The molecule has 1 aliphatic rings. The fourth-order valence-corrected chi connectivity index (χ4v) is 1.80. The van der Waals surface area contributed by atoms with E-state index in [1.807, 2.05) is 30.2 Å². The summed E-state index contributed by atoms with van der Waals surface area (Å²) < 4.78 is 0. The Morgan fingerprint density at radius 1 is 1.31 bits per heavy atom. The van der Waals surface area contributed by atoms with Crippen molar-refractivity contribution in [2.24, 2.45) is 0 Å². The number of hydrogen-bond donors (Lipinski definition) is 0. The van der Waals surface area contributed by atoms with E-state index < -0.39 is 0 Å². The van der Waals surface area contributed by atoms with Crippen LogP contribution in [0.3, 0.4) is 0 Å². The smallest absolute Gasteiger partial charge is 0.113 e. The molecule has 4 heteroatoms. The normalized spacial score (nSPS) is 15.4. The summed E-state index contributed by atoms with van der Waals surface area (Å²) in [4.78, 5) is 6.10. The molecule has 82 valence electrons. The third-order valence-electron chi connectivity index (χ3n) is 3.11. The lowest BCUT2D eigenvalue weighted by atomic mass is 10.1. The Labute approximate surface area is 94.3 Å². The summed E-state index contributed by atoms with van der Waals surface area (Å²) in [5.41, 5.74) is 4.33. The molecule has 0 radical (unpaired) electrons. The van der Waals surface area contributed by atoms with Gasteiger partial charge in [-0.25, -0.2) is 0 Å². The van der Waals surface area contributed by atoms with Crippen LogP contribution in [0.15, 0.2) is 18.5 Å². The summed E-state index contributed by atoms with van der Waals surface area (Å²) in [7, 11) is 0. The van der Waals surface area contributed by atoms with E-state index in [1.165, 1.54) is 18.4 Å². The van der Waals surface area contributed by atoms with E-state index in [0.717, 1.165) is 17.0 Å². The Morgan fingerprint density at radius 3 is 2.88 bits per heavy atom. The molecule has 0 amide bonds. The first-order valence-electron chi connectivity index (χ1n) is 5.60. The van der Waals surface area contributed by atoms with Gasteiger partial charge in [0.1, 0.15) is 5.69 Å². The minimum Gasteiger partial charge on any atom is -0.261 e. The Balaban J connectivity index is 2.03. The van der Waals surface area contributed by atoms with Crippen LogP contribution in [0.1, 0.15) is 30.1 Å². The predicted octanol–water partition coefficient (Wildman–Crippen LogP) is 2.29. The Bertz CT molecular complexity index is 526. The highest BCUT2D eigenvalue weighted by molar-refractivity contribution is 5.62. The maximum atomic E-state index is 4.52. The third-order valence-corrected chi connectivity index (χ3v) is 3.11. The molecular weight excluding hydrogens is 200 g/mol. The summed E-state index contributed by atoms with van der Waals surface area (Å²) in [6, 6.07) is 2.54. The zero-order valence-corrected chi connectivity index (χ0v) is 9.51. The molecule has 0 saturated heterocycles. The van der Waals surface area contributed by atoms with Crippen molar-refractivity contribution in [2.45, 2.75) is 32.7 Å². The second-order valence-corrected chi connectivity index (χ2v) is 4.35. The van der Waals surface area contributed by atoms with Gasteiger partial charge >= 0.3 is 0 Å². The van der Waals surface area contributed by atoms with Gasteiger partial charge in [0.05, 0.1) is 12.2 Å². The minimum absolute atomic E-state index is 0.539.